The van der Waals surface area contributed by atoms with E-state index in [1.807, 2.05) is 30.1 Å². The summed E-state index contributed by atoms with van der Waals surface area (Å²) in [7, 11) is 5.33. The normalized spacial score (nSPS) is 10.2. The lowest BCUT2D eigenvalue weighted by molar-refractivity contribution is -0.127. The molecule has 2 N–H and O–H groups in total. The Hall–Kier alpha value is -1.26. The van der Waals surface area contributed by atoms with Crippen molar-refractivity contribution in [3.05, 3.63) is 28.8 Å². The van der Waals surface area contributed by atoms with Crippen LogP contribution >= 0.6 is 11.6 Å². The number of carbonyl (C=O) groups excluding carboxylic acids is 1. The number of benzene rings is 1. The third-order valence-corrected chi connectivity index (χ3v) is 2.92. The van der Waals surface area contributed by atoms with Crippen LogP contribution < -0.4 is 10.6 Å². The summed E-state index contributed by atoms with van der Waals surface area (Å²) in [6.45, 7) is 0.741. The molecule has 0 unspecified atom stereocenters. The molecule has 4 nitrogen and oxygen atoms in total. The Kier molecular flexibility index (Phi) is 4.78. The number of hydrogen-bond acceptors (Lipinski definition) is 3. The van der Waals surface area contributed by atoms with E-state index in [-0.39, 0.29) is 5.91 Å². The fourth-order valence-electron chi connectivity index (χ4n) is 1.37. The lowest BCUT2D eigenvalue weighted by Gasteiger charge is -2.21. The zero-order valence-corrected chi connectivity index (χ0v) is 11.2. The molecule has 0 spiro atoms. The predicted octanol–water partition coefficient (Wildman–Crippen LogP) is 1.32. The number of anilines is 1. The standard InChI is InChI=1S/C12H18ClN3O/c1-15(2)12(17)8-16(3)10-5-4-9(7-14)11(13)6-10/h4-6H,7-8,14H2,1-3H3. The van der Waals surface area contributed by atoms with Gasteiger partial charge >= 0.3 is 0 Å². The molecule has 5 heteroatoms. The van der Waals surface area contributed by atoms with E-state index >= 15 is 0 Å². The summed E-state index contributed by atoms with van der Waals surface area (Å²) in [5.74, 6) is 0.0477. The SMILES string of the molecule is CN(C)C(=O)CN(C)c1ccc(CN)c(Cl)c1. The molecule has 0 heterocycles. The zero-order valence-electron chi connectivity index (χ0n) is 10.4. The van der Waals surface area contributed by atoms with Crippen molar-refractivity contribution in [1.29, 1.82) is 0 Å². The van der Waals surface area contributed by atoms with E-state index in [2.05, 4.69) is 0 Å². The predicted molar refractivity (Wildman–Crippen MR) is 71.3 cm³/mol. The minimum atomic E-state index is 0.0477. The van der Waals surface area contributed by atoms with Gasteiger partial charge in [0.2, 0.25) is 5.91 Å². The summed E-state index contributed by atoms with van der Waals surface area (Å²) in [6.07, 6.45) is 0. The molecular weight excluding hydrogens is 238 g/mol. The summed E-state index contributed by atoms with van der Waals surface area (Å²) < 4.78 is 0. The van der Waals surface area contributed by atoms with Gasteiger partial charge in [-0.2, -0.15) is 0 Å². The highest BCUT2D eigenvalue weighted by Gasteiger charge is 2.10. The topological polar surface area (TPSA) is 49.6 Å². The summed E-state index contributed by atoms with van der Waals surface area (Å²) in [5, 5.41) is 0.633. The van der Waals surface area contributed by atoms with Gasteiger partial charge < -0.3 is 15.5 Å². The first-order chi connectivity index (χ1) is 7.95. The van der Waals surface area contributed by atoms with Crippen LogP contribution in [0.15, 0.2) is 18.2 Å². The fraction of sp³-hybridized carbons (Fsp3) is 0.417. The quantitative estimate of drug-likeness (QED) is 0.883. The van der Waals surface area contributed by atoms with Crippen molar-refractivity contribution in [2.75, 3.05) is 32.6 Å². The maximum Gasteiger partial charge on any atom is 0.241 e. The Balaban J connectivity index is 2.79. The fourth-order valence-corrected chi connectivity index (χ4v) is 1.63. The number of amides is 1. The highest BCUT2D eigenvalue weighted by molar-refractivity contribution is 6.31. The third-order valence-electron chi connectivity index (χ3n) is 2.57. The number of hydrogen-bond donors (Lipinski definition) is 1. The monoisotopic (exact) mass is 255 g/mol. The minimum absolute atomic E-state index is 0.0477. The van der Waals surface area contributed by atoms with E-state index in [0.717, 1.165) is 11.3 Å². The Morgan fingerprint density at radius 3 is 2.47 bits per heavy atom. The van der Waals surface area contributed by atoms with Crippen molar-refractivity contribution in [1.82, 2.24) is 4.90 Å². The smallest absolute Gasteiger partial charge is 0.241 e. The van der Waals surface area contributed by atoms with Crippen molar-refractivity contribution >= 4 is 23.2 Å². The molecule has 0 bridgehead atoms. The lowest BCUT2D eigenvalue weighted by Crippen LogP contribution is -2.34. The molecular formula is C12H18ClN3O. The van der Waals surface area contributed by atoms with Crippen LogP contribution in [0, 0.1) is 0 Å². The number of nitrogens with two attached hydrogens (primary N) is 1. The Morgan fingerprint density at radius 1 is 1.35 bits per heavy atom. The van der Waals surface area contributed by atoms with E-state index in [9.17, 15) is 4.79 Å². The van der Waals surface area contributed by atoms with Crippen LogP contribution in [0.25, 0.3) is 0 Å². The molecule has 1 aromatic carbocycles. The van der Waals surface area contributed by atoms with Crippen molar-refractivity contribution in [3.8, 4) is 0 Å². The molecule has 1 rings (SSSR count). The summed E-state index contributed by atoms with van der Waals surface area (Å²) in [4.78, 5) is 15.0. The van der Waals surface area contributed by atoms with Crippen LogP contribution in [-0.4, -0.2) is 38.5 Å². The van der Waals surface area contributed by atoms with Gasteiger partial charge in [0.15, 0.2) is 0 Å². The van der Waals surface area contributed by atoms with E-state index < -0.39 is 0 Å². The van der Waals surface area contributed by atoms with Crippen molar-refractivity contribution in [3.63, 3.8) is 0 Å². The molecule has 0 saturated heterocycles. The van der Waals surface area contributed by atoms with E-state index in [1.165, 1.54) is 0 Å². The number of carbonyl (C=O) groups is 1. The van der Waals surface area contributed by atoms with Gasteiger partial charge in [-0.1, -0.05) is 17.7 Å². The van der Waals surface area contributed by atoms with Gasteiger partial charge in [-0.3, -0.25) is 4.79 Å². The van der Waals surface area contributed by atoms with Crippen LogP contribution in [-0.2, 0) is 11.3 Å². The number of nitrogens with zero attached hydrogens (tertiary/aromatic N) is 2. The number of halogens is 1. The van der Waals surface area contributed by atoms with Crippen molar-refractivity contribution in [2.24, 2.45) is 5.73 Å². The van der Waals surface area contributed by atoms with Crippen molar-refractivity contribution < 1.29 is 4.79 Å². The first-order valence-corrected chi connectivity index (χ1v) is 5.73. The molecule has 0 aliphatic rings. The number of likely N-dealkylation sites (N-methyl/N-ethyl adjacent to an activating group) is 2. The Bertz CT molecular complexity index is 407. The molecule has 17 heavy (non-hydrogen) atoms. The average Bonchev–Trinajstić information content (AvgIpc) is 2.28. The second-order valence-electron chi connectivity index (χ2n) is 4.12. The van der Waals surface area contributed by atoms with E-state index in [4.69, 9.17) is 17.3 Å². The minimum Gasteiger partial charge on any atom is -0.365 e. The molecule has 0 aliphatic carbocycles. The first kappa shape index (κ1) is 13.8. The molecule has 0 atom stereocenters. The second kappa shape index (κ2) is 5.89. The zero-order chi connectivity index (χ0) is 13.0. The average molecular weight is 256 g/mol. The second-order valence-corrected chi connectivity index (χ2v) is 4.53. The molecule has 1 amide bonds. The highest BCUT2D eigenvalue weighted by Crippen LogP contribution is 2.22. The van der Waals surface area contributed by atoms with Crippen LogP contribution in [0.4, 0.5) is 5.69 Å². The van der Waals surface area contributed by atoms with Gasteiger partial charge in [0.1, 0.15) is 0 Å². The van der Waals surface area contributed by atoms with Gasteiger partial charge in [-0.05, 0) is 17.7 Å². The van der Waals surface area contributed by atoms with Crippen LogP contribution in [0.5, 0.6) is 0 Å². The van der Waals surface area contributed by atoms with Gasteiger partial charge in [0.25, 0.3) is 0 Å². The van der Waals surface area contributed by atoms with Gasteiger partial charge in [-0.25, -0.2) is 0 Å². The third kappa shape index (κ3) is 3.61. The molecule has 1 aromatic rings. The van der Waals surface area contributed by atoms with E-state index in [0.29, 0.717) is 18.1 Å². The van der Waals surface area contributed by atoms with Gasteiger partial charge in [0.05, 0.1) is 6.54 Å². The molecule has 0 saturated carbocycles. The van der Waals surface area contributed by atoms with Crippen LogP contribution in [0.1, 0.15) is 5.56 Å². The molecule has 0 fully saturated rings. The van der Waals surface area contributed by atoms with Gasteiger partial charge in [-0.15, -0.1) is 0 Å². The summed E-state index contributed by atoms with van der Waals surface area (Å²) >= 11 is 6.07. The van der Waals surface area contributed by atoms with E-state index in [1.54, 1.807) is 19.0 Å². The summed E-state index contributed by atoms with van der Waals surface area (Å²) in [5.41, 5.74) is 7.35. The lowest BCUT2D eigenvalue weighted by atomic mass is 10.2. The van der Waals surface area contributed by atoms with Crippen LogP contribution in [0.2, 0.25) is 5.02 Å². The maximum atomic E-state index is 11.6. The highest BCUT2D eigenvalue weighted by atomic mass is 35.5. The Labute approximate surface area is 107 Å². The van der Waals surface area contributed by atoms with Gasteiger partial charge in [0, 0.05) is 38.4 Å². The molecule has 0 aliphatic heterocycles. The largest absolute Gasteiger partial charge is 0.365 e. The Morgan fingerprint density at radius 2 is 2.00 bits per heavy atom. The molecule has 0 aromatic heterocycles. The maximum absolute atomic E-state index is 11.6. The molecule has 0 radical (unpaired) electrons. The van der Waals surface area contributed by atoms with Crippen LogP contribution in [0.3, 0.4) is 0 Å². The summed E-state index contributed by atoms with van der Waals surface area (Å²) in [6, 6.07) is 5.62. The molecule has 94 valence electrons. The first-order valence-electron chi connectivity index (χ1n) is 5.35. The van der Waals surface area contributed by atoms with Crippen molar-refractivity contribution in [2.45, 2.75) is 6.54 Å². The number of rotatable bonds is 4.